The molecule has 1 rings (SSSR count). The van der Waals surface area contributed by atoms with Gasteiger partial charge in [-0.05, 0) is 18.2 Å². The average molecular weight is 321 g/mol. The van der Waals surface area contributed by atoms with Gasteiger partial charge in [-0.25, -0.2) is 0 Å². The molecule has 0 heterocycles. The van der Waals surface area contributed by atoms with E-state index in [0.29, 0.717) is 10.6 Å². The van der Waals surface area contributed by atoms with E-state index in [1.54, 1.807) is 24.3 Å². The van der Waals surface area contributed by atoms with Crippen molar-refractivity contribution in [1.82, 2.24) is 5.32 Å². The number of hydrogen-bond donors (Lipinski definition) is 1. The summed E-state index contributed by atoms with van der Waals surface area (Å²) in [6, 6.07) is 6.56. The molecule has 6 heteroatoms. The predicted molar refractivity (Wildman–Crippen MR) is 68.5 cm³/mol. The molecule has 0 aliphatic rings. The van der Waals surface area contributed by atoms with Crippen LogP contribution in [-0.2, 0) is 9.53 Å². The zero-order valence-electron chi connectivity index (χ0n) is 9.07. The number of amides is 1. The molecule has 1 N–H and O–H groups in total. The van der Waals surface area contributed by atoms with Gasteiger partial charge in [-0.2, -0.15) is 0 Å². The van der Waals surface area contributed by atoms with Gasteiger partial charge in [0.05, 0.1) is 7.11 Å². The third-order valence-corrected chi connectivity index (χ3v) is 2.92. The molecule has 0 radical (unpaired) electrons. The van der Waals surface area contributed by atoms with Gasteiger partial charge in [0.1, 0.15) is 4.83 Å². The van der Waals surface area contributed by atoms with Gasteiger partial charge in [-0.1, -0.05) is 33.6 Å². The topological polar surface area (TPSA) is 55.4 Å². The van der Waals surface area contributed by atoms with Crippen LogP contribution in [0.2, 0.25) is 5.02 Å². The van der Waals surface area contributed by atoms with Gasteiger partial charge in [0.25, 0.3) is 5.91 Å². The zero-order chi connectivity index (χ0) is 12.8. The minimum Gasteiger partial charge on any atom is -0.468 e. The number of alkyl halides is 1. The van der Waals surface area contributed by atoms with E-state index in [4.69, 9.17) is 11.6 Å². The van der Waals surface area contributed by atoms with Gasteiger partial charge in [0.15, 0.2) is 0 Å². The zero-order valence-corrected chi connectivity index (χ0v) is 11.4. The van der Waals surface area contributed by atoms with Crippen LogP contribution in [-0.4, -0.2) is 30.4 Å². The van der Waals surface area contributed by atoms with Crippen molar-refractivity contribution < 1.29 is 14.3 Å². The molecule has 0 aromatic heterocycles. The maximum atomic E-state index is 11.7. The molecule has 1 unspecified atom stereocenters. The fourth-order valence-corrected chi connectivity index (χ4v) is 1.66. The van der Waals surface area contributed by atoms with E-state index in [2.05, 4.69) is 26.0 Å². The van der Waals surface area contributed by atoms with Crippen LogP contribution in [0.15, 0.2) is 24.3 Å². The largest absolute Gasteiger partial charge is 0.468 e. The van der Waals surface area contributed by atoms with E-state index in [-0.39, 0.29) is 12.5 Å². The van der Waals surface area contributed by atoms with Gasteiger partial charge in [0, 0.05) is 17.1 Å². The molecule has 1 aromatic rings. The lowest BCUT2D eigenvalue weighted by Crippen LogP contribution is -2.33. The summed E-state index contributed by atoms with van der Waals surface area (Å²) in [5.74, 6) is -0.725. The molecule has 17 heavy (non-hydrogen) atoms. The summed E-state index contributed by atoms with van der Waals surface area (Å²) in [4.78, 5) is 22.2. The third-order valence-electron chi connectivity index (χ3n) is 1.99. The van der Waals surface area contributed by atoms with Crippen molar-refractivity contribution >= 4 is 39.4 Å². The Labute approximate surface area is 112 Å². The highest BCUT2D eigenvalue weighted by Gasteiger charge is 2.16. The van der Waals surface area contributed by atoms with Gasteiger partial charge in [-0.15, -0.1) is 0 Å². The van der Waals surface area contributed by atoms with Gasteiger partial charge >= 0.3 is 5.97 Å². The summed E-state index contributed by atoms with van der Waals surface area (Å²) in [7, 11) is 1.29. The number of carbonyl (C=O) groups is 2. The molecule has 0 saturated heterocycles. The first kappa shape index (κ1) is 14.0. The van der Waals surface area contributed by atoms with Crippen LogP contribution in [0.5, 0.6) is 0 Å². The highest BCUT2D eigenvalue weighted by Crippen LogP contribution is 2.10. The molecule has 0 fully saturated rings. The second-order valence-electron chi connectivity index (χ2n) is 3.21. The van der Waals surface area contributed by atoms with E-state index in [1.807, 2.05) is 0 Å². The Bertz CT molecular complexity index is 425. The summed E-state index contributed by atoms with van der Waals surface area (Å²) in [5.41, 5.74) is 0.446. The number of rotatable bonds is 4. The SMILES string of the molecule is COC(=O)C(Br)CNC(=O)c1cccc(Cl)c1. The Balaban J connectivity index is 2.53. The van der Waals surface area contributed by atoms with Crippen molar-refractivity contribution in [1.29, 1.82) is 0 Å². The molecule has 4 nitrogen and oxygen atoms in total. The molecule has 92 valence electrons. The number of hydrogen-bond acceptors (Lipinski definition) is 3. The van der Waals surface area contributed by atoms with E-state index in [9.17, 15) is 9.59 Å². The van der Waals surface area contributed by atoms with Crippen molar-refractivity contribution in [2.24, 2.45) is 0 Å². The maximum absolute atomic E-state index is 11.7. The molecule has 0 bridgehead atoms. The molecule has 1 atom stereocenters. The molecule has 0 aliphatic heterocycles. The first-order chi connectivity index (χ1) is 8.04. The van der Waals surface area contributed by atoms with E-state index >= 15 is 0 Å². The average Bonchev–Trinajstić information content (AvgIpc) is 2.34. The monoisotopic (exact) mass is 319 g/mol. The van der Waals surface area contributed by atoms with Crippen molar-refractivity contribution in [3.8, 4) is 0 Å². The Kier molecular flexibility index (Phi) is 5.44. The van der Waals surface area contributed by atoms with Crippen molar-refractivity contribution in [2.75, 3.05) is 13.7 Å². The van der Waals surface area contributed by atoms with Crippen molar-refractivity contribution in [3.63, 3.8) is 0 Å². The lowest BCUT2D eigenvalue weighted by molar-refractivity contribution is -0.139. The number of ether oxygens (including phenoxy) is 1. The highest BCUT2D eigenvalue weighted by molar-refractivity contribution is 9.10. The van der Waals surface area contributed by atoms with Crippen molar-refractivity contribution in [3.05, 3.63) is 34.9 Å². The highest BCUT2D eigenvalue weighted by atomic mass is 79.9. The Morgan fingerprint density at radius 1 is 1.53 bits per heavy atom. The molecule has 0 spiro atoms. The fourth-order valence-electron chi connectivity index (χ4n) is 1.13. The summed E-state index contributed by atoms with van der Waals surface area (Å²) >= 11 is 8.86. The number of benzene rings is 1. The summed E-state index contributed by atoms with van der Waals surface area (Å²) in [6.07, 6.45) is 0. The van der Waals surface area contributed by atoms with E-state index in [1.165, 1.54) is 7.11 Å². The minimum absolute atomic E-state index is 0.151. The summed E-state index contributed by atoms with van der Waals surface area (Å²) in [6.45, 7) is 0.151. The van der Waals surface area contributed by atoms with Crippen LogP contribution in [0.4, 0.5) is 0 Å². The molecular weight excluding hydrogens is 309 g/mol. The Morgan fingerprint density at radius 3 is 2.82 bits per heavy atom. The van der Waals surface area contributed by atoms with Crippen LogP contribution in [0.3, 0.4) is 0 Å². The Morgan fingerprint density at radius 2 is 2.24 bits per heavy atom. The van der Waals surface area contributed by atoms with Crippen molar-refractivity contribution in [2.45, 2.75) is 4.83 Å². The normalized spacial score (nSPS) is 11.7. The van der Waals surface area contributed by atoms with Crippen LogP contribution in [0.1, 0.15) is 10.4 Å². The lowest BCUT2D eigenvalue weighted by Gasteiger charge is -2.09. The van der Waals surface area contributed by atoms with Gasteiger partial charge in [-0.3, -0.25) is 9.59 Å². The van der Waals surface area contributed by atoms with E-state index in [0.717, 1.165) is 0 Å². The van der Waals surface area contributed by atoms with Gasteiger partial charge in [0.2, 0.25) is 0 Å². The first-order valence-electron chi connectivity index (χ1n) is 4.80. The maximum Gasteiger partial charge on any atom is 0.321 e. The number of esters is 1. The summed E-state index contributed by atoms with van der Waals surface area (Å²) in [5, 5.41) is 3.08. The Hall–Kier alpha value is -1.07. The van der Waals surface area contributed by atoms with Crippen LogP contribution >= 0.6 is 27.5 Å². The summed E-state index contributed by atoms with van der Waals surface area (Å²) < 4.78 is 4.51. The number of carbonyl (C=O) groups excluding carboxylic acids is 2. The van der Waals surface area contributed by atoms with Crippen LogP contribution in [0, 0.1) is 0 Å². The predicted octanol–water partition coefficient (Wildman–Crippen LogP) is 2.01. The smallest absolute Gasteiger partial charge is 0.321 e. The second-order valence-corrected chi connectivity index (χ2v) is 4.75. The van der Waals surface area contributed by atoms with Gasteiger partial charge < -0.3 is 10.1 Å². The van der Waals surface area contributed by atoms with E-state index < -0.39 is 10.8 Å². The molecule has 1 amide bonds. The molecule has 1 aromatic carbocycles. The minimum atomic E-state index is -0.560. The second kappa shape index (κ2) is 6.61. The van der Waals surface area contributed by atoms with Crippen LogP contribution in [0.25, 0.3) is 0 Å². The molecule has 0 aliphatic carbocycles. The fraction of sp³-hybridized carbons (Fsp3) is 0.273. The number of nitrogens with one attached hydrogen (secondary N) is 1. The number of halogens is 2. The lowest BCUT2D eigenvalue weighted by atomic mass is 10.2. The first-order valence-corrected chi connectivity index (χ1v) is 6.09. The molecular formula is C11H11BrClNO3. The van der Waals surface area contributed by atoms with Crippen LogP contribution < -0.4 is 5.32 Å². The third kappa shape index (κ3) is 4.36. The quantitative estimate of drug-likeness (QED) is 0.682. The number of methoxy groups -OCH3 is 1. The standard InChI is InChI=1S/C11H11BrClNO3/c1-17-11(16)9(12)6-14-10(15)7-3-2-4-8(13)5-7/h2-5,9H,6H2,1H3,(H,14,15). The molecule has 0 saturated carbocycles.